The average molecular weight is 415 g/mol. The van der Waals surface area contributed by atoms with Crippen LogP contribution in [0.15, 0.2) is 30.5 Å². The van der Waals surface area contributed by atoms with Gasteiger partial charge in [0.2, 0.25) is 11.7 Å². The summed E-state index contributed by atoms with van der Waals surface area (Å²) in [4.78, 5) is 19.0. The maximum absolute atomic E-state index is 12.3. The Morgan fingerprint density at radius 3 is 2.33 bits per heavy atom. The molecule has 162 valence electrons. The minimum absolute atomic E-state index is 0.0268. The molecule has 30 heavy (non-hydrogen) atoms. The number of anilines is 1. The number of carbonyl (C=O) groups excluding carboxylic acids is 1. The van der Waals surface area contributed by atoms with Crippen LogP contribution in [0.2, 0.25) is 0 Å². The zero-order chi connectivity index (χ0) is 21.3. The van der Waals surface area contributed by atoms with Gasteiger partial charge in [0.25, 0.3) is 0 Å². The second-order valence-electron chi connectivity index (χ2n) is 6.93. The monoisotopic (exact) mass is 415 g/mol. The normalized spacial score (nSPS) is 13.6. The van der Waals surface area contributed by atoms with Gasteiger partial charge >= 0.3 is 0 Å². The highest BCUT2D eigenvalue weighted by Crippen LogP contribution is 2.38. The Labute approximate surface area is 177 Å². The number of pyridine rings is 1. The lowest BCUT2D eigenvalue weighted by Crippen LogP contribution is -2.36. The van der Waals surface area contributed by atoms with E-state index in [9.17, 15) is 4.79 Å². The van der Waals surface area contributed by atoms with E-state index >= 15 is 0 Å². The zero-order valence-electron chi connectivity index (χ0n) is 17.8. The quantitative estimate of drug-likeness (QED) is 0.672. The van der Waals surface area contributed by atoms with Crippen molar-refractivity contribution < 1.29 is 23.7 Å². The van der Waals surface area contributed by atoms with Crippen molar-refractivity contribution in [2.45, 2.75) is 19.4 Å². The summed E-state index contributed by atoms with van der Waals surface area (Å²) in [5.41, 5.74) is 1.91. The van der Waals surface area contributed by atoms with Crippen molar-refractivity contribution in [2.24, 2.45) is 0 Å². The number of rotatable bonds is 9. The highest BCUT2D eigenvalue weighted by molar-refractivity contribution is 5.76. The first kappa shape index (κ1) is 21.7. The molecule has 1 aliphatic rings. The molecule has 0 unspecified atom stereocenters. The van der Waals surface area contributed by atoms with Gasteiger partial charge in [-0.2, -0.15) is 0 Å². The van der Waals surface area contributed by atoms with E-state index in [1.54, 1.807) is 21.3 Å². The predicted molar refractivity (Wildman–Crippen MR) is 114 cm³/mol. The number of morpholine rings is 1. The van der Waals surface area contributed by atoms with E-state index in [1.165, 1.54) is 0 Å². The van der Waals surface area contributed by atoms with Crippen LogP contribution in [0.3, 0.4) is 0 Å². The minimum atomic E-state index is -0.0268. The van der Waals surface area contributed by atoms with Crippen molar-refractivity contribution in [3.8, 4) is 17.2 Å². The van der Waals surface area contributed by atoms with E-state index in [0.29, 0.717) is 36.6 Å². The summed E-state index contributed by atoms with van der Waals surface area (Å²) < 4.78 is 21.4. The Morgan fingerprint density at radius 1 is 1.07 bits per heavy atom. The lowest BCUT2D eigenvalue weighted by Gasteiger charge is -2.27. The first-order valence-corrected chi connectivity index (χ1v) is 9.97. The van der Waals surface area contributed by atoms with Crippen LogP contribution in [0.4, 0.5) is 5.82 Å². The van der Waals surface area contributed by atoms with E-state index in [0.717, 1.165) is 43.2 Å². The molecule has 2 heterocycles. The number of methoxy groups -OCH3 is 3. The SMILES string of the molecule is COc1cc(CCC(=O)NCc2ccc(N3CCOCC3)nc2)cc(OC)c1OC. The summed E-state index contributed by atoms with van der Waals surface area (Å²) in [5, 5.41) is 2.95. The molecule has 1 aliphatic heterocycles. The van der Waals surface area contributed by atoms with E-state index in [-0.39, 0.29) is 5.91 Å². The average Bonchev–Trinajstić information content (AvgIpc) is 2.81. The predicted octanol–water partition coefficient (Wildman–Crippen LogP) is 2.19. The highest BCUT2D eigenvalue weighted by Gasteiger charge is 2.14. The first-order chi connectivity index (χ1) is 14.6. The number of amides is 1. The molecule has 0 radical (unpaired) electrons. The molecule has 8 heteroatoms. The third-order valence-electron chi connectivity index (χ3n) is 5.00. The Balaban J connectivity index is 1.50. The summed E-state index contributed by atoms with van der Waals surface area (Å²) in [5.74, 6) is 2.62. The van der Waals surface area contributed by atoms with Gasteiger partial charge in [-0.25, -0.2) is 4.98 Å². The van der Waals surface area contributed by atoms with E-state index in [1.807, 2.05) is 30.5 Å². The smallest absolute Gasteiger partial charge is 0.220 e. The molecule has 1 aromatic heterocycles. The maximum Gasteiger partial charge on any atom is 0.220 e. The number of aryl methyl sites for hydroxylation is 1. The molecule has 0 atom stereocenters. The first-order valence-electron chi connectivity index (χ1n) is 9.97. The Bertz CT molecular complexity index is 810. The van der Waals surface area contributed by atoms with Gasteiger partial charge in [0.15, 0.2) is 11.5 Å². The molecule has 1 aromatic carbocycles. The van der Waals surface area contributed by atoms with Crippen LogP contribution in [0.1, 0.15) is 17.5 Å². The molecule has 1 saturated heterocycles. The van der Waals surface area contributed by atoms with Gasteiger partial charge in [-0.05, 0) is 35.7 Å². The van der Waals surface area contributed by atoms with Crippen LogP contribution in [0, 0.1) is 0 Å². The van der Waals surface area contributed by atoms with Crippen LogP contribution in [-0.2, 0) is 22.5 Å². The van der Waals surface area contributed by atoms with Crippen LogP contribution in [0.25, 0.3) is 0 Å². The van der Waals surface area contributed by atoms with Gasteiger partial charge < -0.3 is 29.2 Å². The Hall–Kier alpha value is -3.00. The van der Waals surface area contributed by atoms with Gasteiger partial charge in [0, 0.05) is 32.3 Å². The molecule has 1 fully saturated rings. The molecular weight excluding hydrogens is 386 g/mol. The van der Waals surface area contributed by atoms with E-state index in [2.05, 4.69) is 15.2 Å². The van der Waals surface area contributed by atoms with Gasteiger partial charge in [-0.15, -0.1) is 0 Å². The number of aromatic nitrogens is 1. The zero-order valence-corrected chi connectivity index (χ0v) is 17.8. The molecule has 0 spiro atoms. The Morgan fingerprint density at radius 2 is 1.77 bits per heavy atom. The molecule has 0 saturated carbocycles. The van der Waals surface area contributed by atoms with Gasteiger partial charge in [0.05, 0.1) is 34.5 Å². The fourth-order valence-corrected chi connectivity index (χ4v) is 3.33. The molecule has 1 amide bonds. The molecule has 1 N–H and O–H groups in total. The molecule has 0 bridgehead atoms. The van der Waals surface area contributed by atoms with Crippen molar-refractivity contribution in [3.63, 3.8) is 0 Å². The summed E-state index contributed by atoms with van der Waals surface area (Å²) in [6.07, 6.45) is 2.74. The topological polar surface area (TPSA) is 82.2 Å². The summed E-state index contributed by atoms with van der Waals surface area (Å²) in [6.45, 7) is 3.61. The van der Waals surface area contributed by atoms with Crippen LogP contribution >= 0.6 is 0 Å². The summed E-state index contributed by atoms with van der Waals surface area (Å²) >= 11 is 0. The van der Waals surface area contributed by atoms with Crippen LogP contribution in [0.5, 0.6) is 17.2 Å². The number of benzene rings is 1. The number of ether oxygens (including phenoxy) is 4. The van der Waals surface area contributed by atoms with Crippen molar-refractivity contribution >= 4 is 11.7 Å². The number of carbonyl (C=O) groups is 1. The largest absolute Gasteiger partial charge is 0.493 e. The fraction of sp³-hybridized carbons (Fsp3) is 0.455. The lowest BCUT2D eigenvalue weighted by atomic mass is 10.1. The summed E-state index contributed by atoms with van der Waals surface area (Å²) in [6, 6.07) is 7.71. The summed E-state index contributed by atoms with van der Waals surface area (Å²) in [7, 11) is 4.72. The second kappa shape index (κ2) is 10.7. The maximum atomic E-state index is 12.3. The van der Waals surface area contributed by atoms with Crippen molar-refractivity contribution in [1.82, 2.24) is 10.3 Å². The van der Waals surface area contributed by atoms with Crippen molar-refractivity contribution in [1.29, 1.82) is 0 Å². The van der Waals surface area contributed by atoms with E-state index < -0.39 is 0 Å². The van der Waals surface area contributed by atoms with Gasteiger partial charge in [-0.3, -0.25) is 4.79 Å². The molecular formula is C22H29N3O5. The number of hydrogen-bond acceptors (Lipinski definition) is 7. The van der Waals surface area contributed by atoms with Crippen molar-refractivity contribution in [3.05, 3.63) is 41.6 Å². The Kier molecular flexibility index (Phi) is 7.73. The third-order valence-corrected chi connectivity index (χ3v) is 5.00. The van der Waals surface area contributed by atoms with Gasteiger partial charge in [0.1, 0.15) is 5.82 Å². The fourth-order valence-electron chi connectivity index (χ4n) is 3.33. The minimum Gasteiger partial charge on any atom is -0.493 e. The number of hydrogen-bond donors (Lipinski definition) is 1. The molecule has 3 rings (SSSR count). The van der Waals surface area contributed by atoms with Gasteiger partial charge in [-0.1, -0.05) is 6.07 Å². The molecule has 2 aromatic rings. The van der Waals surface area contributed by atoms with Crippen LogP contribution < -0.4 is 24.4 Å². The van der Waals surface area contributed by atoms with Crippen molar-refractivity contribution in [2.75, 3.05) is 52.5 Å². The molecule has 8 nitrogen and oxygen atoms in total. The highest BCUT2D eigenvalue weighted by atomic mass is 16.5. The standard InChI is InChI=1S/C22H29N3O5/c1-27-18-12-16(13-19(28-2)22(18)29-3)5-7-21(26)24-15-17-4-6-20(23-14-17)25-8-10-30-11-9-25/h4,6,12-14H,5,7-11,15H2,1-3H3,(H,24,26). The van der Waals surface area contributed by atoms with Crippen LogP contribution in [-0.4, -0.2) is 58.5 Å². The number of nitrogens with zero attached hydrogens (tertiary/aromatic N) is 2. The lowest BCUT2D eigenvalue weighted by molar-refractivity contribution is -0.121. The van der Waals surface area contributed by atoms with E-state index in [4.69, 9.17) is 18.9 Å². The molecule has 0 aliphatic carbocycles. The third kappa shape index (κ3) is 5.54. The number of nitrogens with one attached hydrogen (secondary N) is 1. The second-order valence-corrected chi connectivity index (χ2v) is 6.93.